The zero-order chi connectivity index (χ0) is 18.7. The molecule has 0 N–H and O–H groups in total. The van der Waals surface area contributed by atoms with Gasteiger partial charge in [-0.25, -0.2) is 8.42 Å². The molecule has 144 valence electrons. The molecular weight excluding hydrogens is 348 g/mol. The average molecular weight is 379 g/mol. The van der Waals surface area contributed by atoms with Crippen LogP contribution in [-0.2, 0) is 27.7 Å². The van der Waals surface area contributed by atoms with E-state index in [0.29, 0.717) is 43.9 Å². The fraction of sp³-hybridized carbons (Fsp3) is 0.650. The highest BCUT2D eigenvalue weighted by atomic mass is 32.2. The van der Waals surface area contributed by atoms with Crippen LogP contribution in [0.25, 0.3) is 0 Å². The maximum absolute atomic E-state index is 13.0. The number of sulfonamides is 1. The predicted octanol–water partition coefficient (Wildman–Crippen LogP) is 2.83. The highest BCUT2D eigenvalue weighted by Crippen LogP contribution is 2.28. The Labute approximate surface area is 157 Å². The molecule has 0 atom stereocenters. The van der Waals surface area contributed by atoms with Gasteiger partial charge in [-0.1, -0.05) is 6.07 Å². The van der Waals surface area contributed by atoms with Gasteiger partial charge in [0.05, 0.1) is 4.90 Å². The Morgan fingerprint density at radius 1 is 1.08 bits per heavy atom. The van der Waals surface area contributed by atoms with E-state index in [9.17, 15) is 13.2 Å². The van der Waals surface area contributed by atoms with Gasteiger partial charge >= 0.3 is 0 Å². The van der Waals surface area contributed by atoms with Crippen molar-refractivity contribution >= 4 is 15.9 Å². The van der Waals surface area contributed by atoms with Crippen molar-refractivity contribution in [1.29, 1.82) is 0 Å². The van der Waals surface area contributed by atoms with Gasteiger partial charge < -0.3 is 4.90 Å². The van der Waals surface area contributed by atoms with Gasteiger partial charge in [-0.2, -0.15) is 4.31 Å². The molecule has 1 aromatic carbocycles. The third-order valence-corrected chi connectivity index (χ3v) is 7.73. The minimum absolute atomic E-state index is 0.0510. The van der Waals surface area contributed by atoms with Crippen LogP contribution in [-0.4, -0.2) is 49.7 Å². The van der Waals surface area contributed by atoms with Crippen molar-refractivity contribution in [2.45, 2.75) is 57.3 Å². The summed E-state index contributed by atoms with van der Waals surface area (Å²) in [7, 11) is -3.47. The van der Waals surface area contributed by atoms with Crippen molar-refractivity contribution < 1.29 is 13.2 Å². The van der Waals surface area contributed by atoms with Gasteiger partial charge in [0, 0.05) is 32.1 Å². The standard InChI is InChI=1S/C20H30N2O3S/c1-3-21(4-2)20(23)17-11-13-22(14-12-17)26(24,25)19-10-9-16-7-5-6-8-18(16)15-19/h9-10,15,17H,3-8,11-14H2,1-2H3. The number of hydrogen-bond donors (Lipinski definition) is 0. The molecule has 1 heterocycles. The molecule has 0 unspecified atom stereocenters. The van der Waals surface area contributed by atoms with Gasteiger partial charge in [0.15, 0.2) is 0 Å². The number of aryl methyl sites for hydroxylation is 2. The second kappa shape index (κ2) is 8.09. The molecule has 5 nitrogen and oxygen atoms in total. The van der Waals surface area contributed by atoms with E-state index >= 15 is 0 Å². The zero-order valence-corrected chi connectivity index (χ0v) is 16.7. The summed E-state index contributed by atoms with van der Waals surface area (Å²) in [6.07, 6.45) is 5.56. The fourth-order valence-electron chi connectivity index (χ4n) is 4.16. The SMILES string of the molecule is CCN(CC)C(=O)C1CCN(S(=O)(=O)c2ccc3c(c2)CCCC3)CC1. The predicted molar refractivity (Wildman–Crippen MR) is 102 cm³/mol. The maximum Gasteiger partial charge on any atom is 0.243 e. The summed E-state index contributed by atoms with van der Waals surface area (Å²) in [6, 6.07) is 5.61. The first-order valence-electron chi connectivity index (χ1n) is 9.88. The summed E-state index contributed by atoms with van der Waals surface area (Å²) in [5.41, 5.74) is 2.47. The Morgan fingerprint density at radius 3 is 2.31 bits per heavy atom. The molecule has 0 saturated carbocycles. The van der Waals surface area contributed by atoms with Crippen LogP contribution in [0.1, 0.15) is 50.7 Å². The van der Waals surface area contributed by atoms with Gasteiger partial charge in [0.1, 0.15) is 0 Å². The lowest BCUT2D eigenvalue weighted by atomic mass is 9.92. The lowest BCUT2D eigenvalue weighted by Crippen LogP contribution is -2.44. The maximum atomic E-state index is 13.0. The van der Waals surface area contributed by atoms with Gasteiger partial charge in [-0.3, -0.25) is 4.79 Å². The second-order valence-corrected chi connectivity index (χ2v) is 9.26. The molecule has 3 rings (SSSR count). The largest absolute Gasteiger partial charge is 0.343 e. The molecule has 1 fully saturated rings. The molecule has 1 aromatic rings. The van der Waals surface area contributed by atoms with E-state index in [1.54, 1.807) is 10.4 Å². The molecule has 0 bridgehead atoms. The highest BCUT2D eigenvalue weighted by molar-refractivity contribution is 7.89. The lowest BCUT2D eigenvalue weighted by Gasteiger charge is -2.33. The summed E-state index contributed by atoms with van der Waals surface area (Å²) in [5.74, 6) is 0.116. The van der Waals surface area contributed by atoms with Gasteiger partial charge in [-0.05, 0) is 75.6 Å². The normalized spacial score (nSPS) is 19.2. The van der Waals surface area contributed by atoms with Crippen LogP contribution in [0.2, 0.25) is 0 Å². The number of hydrogen-bond acceptors (Lipinski definition) is 3. The number of fused-ring (bicyclic) bond motifs is 1. The summed E-state index contributed by atoms with van der Waals surface area (Å²) in [4.78, 5) is 14.8. The topological polar surface area (TPSA) is 57.7 Å². The van der Waals surface area contributed by atoms with E-state index in [1.807, 2.05) is 30.9 Å². The molecule has 1 aliphatic carbocycles. The first-order valence-corrected chi connectivity index (χ1v) is 11.3. The quantitative estimate of drug-likeness (QED) is 0.792. The highest BCUT2D eigenvalue weighted by Gasteiger charge is 2.33. The Kier molecular flexibility index (Phi) is 6.03. The molecule has 1 aliphatic heterocycles. The Bertz CT molecular complexity index is 748. The van der Waals surface area contributed by atoms with Crippen LogP contribution in [0.5, 0.6) is 0 Å². The number of piperidine rings is 1. The van der Waals surface area contributed by atoms with E-state index in [-0.39, 0.29) is 11.8 Å². The third-order valence-electron chi connectivity index (χ3n) is 5.84. The molecule has 2 aliphatic rings. The minimum Gasteiger partial charge on any atom is -0.343 e. The smallest absolute Gasteiger partial charge is 0.243 e. The van der Waals surface area contributed by atoms with Crippen molar-refractivity contribution in [2.75, 3.05) is 26.2 Å². The van der Waals surface area contributed by atoms with E-state index in [2.05, 4.69) is 0 Å². The van der Waals surface area contributed by atoms with E-state index in [0.717, 1.165) is 19.3 Å². The fourth-order valence-corrected chi connectivity index (χ4v) is 5.68. The number of rotatable bonds is 5. The Balaban J connectivity index is 1.69. The van der Waals surface area contributed by atoms with E-state index in [4.69, 9.17) is 0 Å². The van der Waals surface area contributed by atoms with Gasteiger partial charge in [-0.15, -0.1) is 0 Å². The van der Waals surface area contributed by atoms with Crippen LogP contribution in [0.4, 0.5) is 0 Å². The first-order chi connectivity index (χ1) is 12.5. The van der Waals surface area contributed by atoms with Crippen molar-refractivity contribution in [1.82, 2.24) is 9.21 Å². The second-order valence-electron chi connectivity index (χ2n) is 7.33. The van der Waals surface area contributed by atoms with Crippen molar-refractivity contribution in [3.05, 3.63) is 29.3 Å². The van der Waals surface area contributed by atoms with Crippen molar-refractivity contribution in [2.24, 2.45) is 5.92 Å². The number of nitrogens with zero attached hydrogens (tertiary/aromatic N) is 2. The van der Waals surface area contributed by atoms with Gasteiger partial charge in [0.25, 0.3) is 0 Å². The first kappa shape index (κ1) is 19.4. The van der Waals surface area contributed by atoms with Gasteiger partial charge in [0.2, 0.25) is 15.9 Å². The number of carbonyl (C=O) groups excluding carboxylic acids is 1. The molecular formula is C20H30N2O3S. The number of amides is 1. The number of benzene rings is 1. The van der Waals surface area contributed by atoms with E-state index < -0.39 is 10.0 Å². The molecule has 26 heavy (non-hydrogen) atoms. The summed E-state index contributed by atoms with van der Waals surface area (Å²) >= 11 is 0. The van der Waals surface area contributed by atoms with Crippen molar-refractivity contribution in [3.8, 4) is 0 Å². The third kappa shape index (κ3) is 3.81. The van der Waals surface area contributed by atoms with Crippen molar-refractivity contribution in [3.63, 3.8) is 0 Å². The molecule has 6 heteroatoms. The molecule has 1 saturated heterocycles. The zero-order valence-electron chi connectivity index (χ0n) is 15.9. The van der Waals surface area contributed by atoms with Crippen LogP contribution in [0.3, 0.4) is 0 Å². The minimum atomic E-state index is -3.47. The monoisotopic (exact) mass is 378 g/mol. The molecule has 0 aromatic heterocycles. The van der Waals surface area contributed by atoms with Crippen LogP contribution in [0.15, 0.2) is 23.1 Å². The molecule has 1 amide bonds. The molecule has 0 radical (unpaired) electrons. The summed E-state index contributed by atoms with van der Waals surface area (Å²) in [5, 5.41) is 0. The Hall–Kier alpha value is -1.40. The summed E-state index contributed by atoms with van der Waals surface area (Å²) in [6.45, 7) is 6.24. The number of carbonyl (C=O) groups is 1. The van der Waals surface area contributed by atoms with Crippen LogP contribution < -0.4 is 0 Å². The lowest BCUT2D eigenvalue weighted by molar-refractivity contribution is -0.136. The Morgan fingerprint density at radius 2 is 1.69 bits per heavy atom. The summed E-state index contributed by atoms with van der Waals surface area (Å²) < 4.78 is 27.6. The molecule has 0 spiro atoms. The van der Waals surface area contributed by atoms with E-state index in [1.165, 1.54) is 17.5 Å². The van der Waals surface area contributed by atoms with Crippen LogP contribution in [0, 0.1) is 5.92 Å². The average Bonchev–Trinajstić information content (AvgIpc) is 2.68. The van der Waals surface area contributed by atoms with Crippen LogP contribution >= 0.6 is 0 Å².